The fourth-order valence-electron chi connectivity index (χ4n) is 1.59. The topological polar surface area (TPSA) is 24.4 Å². The Bertz CT molecular complexity index is 277. The van der Waals surface area contributed by atoms with Gasteiger partial charge in [-0.25, -0.2) is 0 Å². The molecule has 1 aliphatic rings. The van der Waals surface area contributed by atoms with Crippen molar-refractivity contribution in [3.8, 4) is 0 Å². The molecule has 1 rings (SSSR count). The molecule has 0 aromatic rings. The van der Waals surface area contributed by atoms with E-state index in [1.54, 1.807) is 11.8 Å². The summed E-state index contributed by atoms with van der Waals surface area (Å²) >= 11 is 1.72. The Kier molecular flexibility index (Phi) is 4.26. The molecule has 1 aliphatic heterocycles. The van der Waals surface area contributed by atoms with Crippen LogP contribution in [0.2, 0.25) is 0 Å². The van der Waals surface area contributed by atoms with Crippen LogP contribution in [0.4, 0.5) is 0 Å². The maximum atomic E-state index is 4.67. The van der Waals surface area contributed by atoms with Crippen molar-refractivity contribution in [2.45, 2.75) is 39.7 Å². The zero-order valence-electron chi connectivity index (χ0n) is 10.4. The smallest absolute Gasteiger partial charge is 0.0925 e. The van der Waals surface area contributed by atoms with Crippen LogP contribution in [0.5, 0.6) is 0 Å². The van der Waals surface area contributed by atoms with Crippen molar-refractivity contribution in [3.05, 3.63) is 11.8 Å². The van der Waals surface area contributed by atoms with Gasteiger partial charge in [0.25, 0.3) is 0 Å². The summed E-state index contributed by atoms with van der Waals surface area (Å²) < 4.78 is 0. The van der Waals surface area contributed by atoms with Gasteiger partial charge in [-0.15, -0.1) is 11.8 Å². The number of hydrogen-bond acceptors (Lipinski definition) is 3. The van der Waals surface area contributed by atoms with Crippen molar-refractivity contribution in [3.63, 3.8) is 0 Å². The Morgan fingerprint density at radius 1 is 1.53 bits per heavy atom. The van der Waals surface area contributed by atoms with Crippen molar-refractivity contribution < 1.29 is 0 Å². The van der Waals surface area contributed by atoms with E-state index in [9.17, 15) is 0 Å². The first-order chi connectivity index (χ1) is 6.93. The van der Waals surface area contributed by atoms with E-state index < -0.39 is 0 Å². The molecule has 0 atom stereocenters. The van der Waals surface area contributed by atoms with Crippen LogP contribution in [-0.2, 0) is 0 Å². The Morgan fingerprint density at radius 2 is 2.20 bits per heavy atom. The predicted octanol–water partition coefficient (Wildman–Crippen LogP) is 3.06. The summed E-state index contributed by atoms with van der Waals surface area (Å²) in [6.07, 6.45) is 5.28. The van der Waals surface area contributed by atoms with Crippen molar-refractivity contribution in [1.82, 2.24) is 5.32 Å². The molecule has 0 radical (unpaired) electrons. The third kappa shape index (κ3) is 4.29. The number of hydrogen-bond donors (Lipinski definition) is 1. The lowest BCUT2D eigenvalue weighted by atomic mass is 9.97. The normalized spacial score (nSPS) is 19.9. The number of nitrogens with zero attached hydrogens (tertiary/aromatic N) is 1. The lowest BCUT2D eigenvalue weighted by Crippen LogP contribution is -2.30. The highest BCUT2D eigenvalue weighted by molar-refractivity contribution is 8.13. The second-order valence-electron chi connectivity index (χ2n) is 5.09. The Balaban J connectivity index is 2.66. The summed E-state index contributed by atoms with van der Waals surface area (Å²) in [4.78, 5) is 4.67. The summed E-state index contributed by atoms with van der Waals surface area (Å²) in [5.41, 5.74) is 1.37. The van der Waals surface area contributed by atoms with E-state index in [0.717, 1.165) is 18.0 Å². The highest BCUT2D eigenvalue weighted by atomic mass is 32.2. The Labute approximate surface area is 97.6 Å². The molecule has 0 aliphatic carbocycles. The zero-order valence-corrected chi connectivity index (χ0v) is 11.2. The van der Waals surface area contributed by atoms with E-state index in [4.69, 9.17) is 0 Å². The fourth-order valence-corrected chi connectivity index (χ4v) is 2.19. The molecule has 0 saturated heterocycles. The van der Waals surface area contributed by atoms with Gasteiger partial charge in [-0.3, -0.25) is 4.99 Å². The van der Waals surface area contributed by atoms with Crippen LogP contribution in [0.15, 0.2) is 16.8 Å². The van der Waals surface area contributed by atoms with Crippen molar-refractivity contribution in [2.75, 3.05) is 12.8 Å². The molecule has 0 amide bonds. The second kappa shape index (κ2) is 5.06. The van der Waals surface area contributed by atoms with E-state index in [2.05, 4.69) is 50.3 Å². The molecule has 0 unspecified atom stereocenters. The van der Waals surface area contributed by atoms with Gasteiger partial charge in [0.2, 0.25) is 0 Å². The van der Waals surface area contributed by atoms with Gasteiger partial charge in [-0.1, -0.05) is 13.8 Å². The van der Waals surface area contributed by atoms with Gasteiger partial charge in [-0.2, -0.15) is 0 Å². The van der Waals surface area contributed by atoms with Crippen molar-refractivity contribution in [2.24, 2.45) is 10.9 Å². The maximum absolute atomic E-state index is 4.67. The highest BCUT2D eigenvalue weighted by Gasteiger charge is 2.23. The van der Waals surface area contributed by atoms with E-state index >= 15 is 0 Å². The number of aliphatic imine (C=N–C) groups is 1. The van der Waals surface area contributed by atoms with Gasteiger partial charge in [0.15, 0.2) is 0 Å². The molecule has 86 valence electrons. The van der Waals surface area contributed by atoms with Gasteiger partial charge >= 0.3 is 0 Å². The predicted molar refractivity (Wildman–Crippen MR) is 70.6 cm³/mol. The molecule has 1 N–H and O–H groups in total. The first-order valence-corrected chi connectivity index (χ1v) is 6.74. The van der Waals surface area contributed by atoms with E-state index in [-0.39, 0.29) is 5.54 Å². The molecule has 3 heteroatoms. The van der Waals surface area contributed by atoms with Gasteiger partial charge < -0.3 is 5.32 Å². The molecular weight excluding hydrogens is 204 g/mol. The molecule has 15 heavy (non-hydrogen) atoms. The third-order valence-electron chi connectivity index (χ3n) is 2.28. The Morgan fingerprint density at radius 3 is 2.73 bits per heavy atom. The van der Waals surface area contributed by atoms with Crippen LogP contribution in [0.25, 0.3) is 0 Å². The lowest BCUT2D eigenvalue weighted by Gasteiger charge is -2.27. The summed E-state index contributed by atoms with van der Waals surface area (Å²) in [5.74, 6) is 0.686. The molecule has 0 fully saturated rings. The largest absolute Gasteiger partial charge is 0.388 e. The molecule has 0 aromatic heterocycles. The minimum atomic E-state index is 0.0480. The number of thioether (sulfide) groups is 1. The van der Waals surface area contributed by atoms with E-state index in [0.29, 0.717) is 5.92 Å². The van der Waals surface area contributed by atoms with Crippen LogP contribution in [0, 0.1) is 5.92 Å². The van der Waals surface area contributed by atoms with Crippen LogP contribution in [0.1, 0.15) is 34.1 Å². The minimum Gasteiger partial charge on any atom is -0.388 e. The summed E-state index contributed by atoms with van der Waals surface area (Å²) in [6, 6.07) is 0. The zero-order chi connectivity index (χ0) is 11.5. The van der Waals surface area contributed by atoms with Crippen molar-refractivity contribution >= 4 is 16.8 Å². The molecule has 2 nitrogen and oxygen atoms in total. The van der Waals surface area contributed by atoms with Gasteiger partial charge in [0, 0.05) is 18.7 Å². The molecular formula is C12H22N2S. The number of rotatable bonds is 3. The van der Waals surface area contributed by atoms with E-state index in [1.807, 2.05) is 0 Å². The van der Waals surface area contributed by atoms with Crippen LogP contribution in [-0.4, -0.2) is 23.4 Å². The minimum absolute atomic E-state index is 0.0480. The van der Waals surface area contributed by atoms with Crippen LogP contribution in [0.3, 0.4) is 0 Å². The summed E-state index contributed by atoms with van der Waals surface area (Å²) in [5, 5.41) is 4.64. The van der Waals surface area contributed by atoms with Gasteiger partial charge in [-0.05, 0) is 32.1 Å². The lowest BCUT2D eigenvalue weighted by molar-refractivity contribution is 0.482. The molecule has 0 bridgehead atoms. The van der Waals surface area contributed by atoms with Gasteiger partial charge in [0.1, 0.15) is 0 Å². The van der Waals surface area contributed by atoms with Gasteiger partial charge in [0.05, 0.1) is 10.6 Å². The first-order valence-electron chi connectivity index (χ1n) is 5.51. The molecule has 0 spiro atoms. The number of dihydropyridines is 1. The molecule has 0 aromatic carbocycles. The van der Waals surface area contributed by atoms with Crippen LogP contribution < -0.4 is 5.32 Å². The standard InChI is InChI=1S/C12H22N2S/c1-9(2)8-13-10-6-11(15-5)14-12(3,4)7-10/h6,9,13H,7-8H2,1-5H3. The van der Waals surface area contributed by atoms with E-state index in [1.165, 1.54) is 5.70 Å². The quantitative estimate of drug-likeness (QED) is 0.800. The monoisotopic (exact) mass is 226 g/mol. The summed E-state index contributed by atoms with van der Waals surface area (Å²) in [7, 11) is 0. The third-order valence-corrected chi connectivity index (χ3v) is 2.91. The molecule has 0 saturated carbocycles. The maximum Gasteiger partial charge on any atom is 0.0925 e. The summed E-state index contributed by atoms with van der Waals surface area (Å²) in [6.45, 7) is 9.88. The first kappa shape index (κ1) is 12.6. The second-order valence-corrected chi connectivity index (χ2v) is 5.91. The SMILES string of the molecule is CSC1=NC(C)(C)CC(NCC(C)C)=C1. The molecule has 1 heterocycles. The number of nitrogens with one attached hydrogen (secondary N) is 1. The average Bonchev–Trinajstić information content (AvgIpc) is 2.12. The van der Waals surface area contributed by atoms with Crippen LogP contribution >= 0.6 is 11.8 Å². The Hall–Kier alpha value is -0.440. The van der Waals surface area contributed by atoms with Crippen molar-refractivity contribution in [1.29, 1.82) is 0 Å². The highest BCUT2D eigenvalue weighted by Crippen LogP contribution is 2.26. The fraction of sp³-hybridized carbons (Fsp3) is 0.750. The average molecular weight is 226 g/mol.